The third-order valence-electron chi connectivity index (χ3n) is 4.90. The van der Waals surface area contributed by atoms with Gasteiger partial charge in [-0.05, 0) is 37.8 Å². The maximum absolute atomic E-state index is 9.95. The summed E-state index contributed by atoms with van der Waals surface area (Å²) in [5.41, 5.74) is -0.106. The van der Waals surface area contributed by atoms with Crippen LogP contribution in [0.1, 0.15) is 37.2 Å². The molecule has 20 heavy (non-hydrogen) atoms. The molecule has 0 bridgehead atoms. The van der Waals surface area contributed by atoms with Crippen LogP contribution in [0.5, 0.6) is 0 Å². The number of aliphatic hydroxyl groups is 2. The van der Waals surface area contributed by atoms with Crippen LogP contribution in [-0.2, 0) is 17.9 Å². The number of hydrogen-bond acceptors (Lipinski definition) is 5. The maximum Gasteiger partial charge on any atom is 0.129 e. The zero-order valence-electron chi connectivity index (χ0n) is 11.9. The molecule has 5 nitrogen and oxygen atoms in total. The Morgan fingerprint density at radius 1 is 1.40 bits per heavy atom. The van der Waals surface area contributed by atoms with Crippen molar-refractivity contribution in [3.05, 3.63) is 23.7 Å². The standard InChI is InChI=1S/C15H23NO4/c1-19-15-5-4-11(18)8-14(15)16(7-6-15)9-12-2-3-13(10-17)20-12/h2-3,11,14,17-18H,4-10H2,1H3/t11-,14+,15-/m1/s1. The first-order chi connectivity index (χ1) is 9.66. The molecular weight excluding hydrogens is 258 g/mol. The molecule has 2 aliphatic rings. The van der Waals surface area contributed by atoms with Crippen LogP contribution in [0.3, 0.4) is 0 Å². The Morgan fingerprint density at radius 3 is 2.90 bits per heavy atom. The summed E-state index contributed by atoms with van der Waals surface area (Å²) in [7, 11) is 1.78. The molecule has 0 radical (unpaired) electrons. The second kappa shape index (κ2) is 5.48. The third kappa shape index (κ3) is 2.39. The number of hydrogen-bond donors (Lipinski definition) is 2. The Kier molecular flexibility index (Phi) is 3.86. The van der Waals surface area contributed by atoms with Gasteiger partial charge in [-0.3, -0.25) is 4.90 Å². The largest absolute Gasteiger partial charge is 0.462 e. The fourth-order valence-corrected chi connectivity index (χ4v) is 3.75. The molecule has 2 N–H and O–H groups in total. The van der Waals surface area contributed by atoms with Gasteiger partial charge in [-0.25, -0.2) is 0 Å². The highest BCUT2D eigenvalue weighted by Crippen LogP contribution is 2.42. The minimum atomic E-state index is -0.228. The van der Waals surface area contributed by atoms with Crippen LogP contribution < -0.4 is 0 Å². The lowest BCUT2D eigenvalue weighted by Crippen LogP contribution is -2.51. The molecule has 5 heteroatoms. The molecule has 1 aromatic rings. The number of nitrogens with zero attached hydrogens (tertiary/aromatic N) is 1. The number of furan rings is 1. The van der Waals surface area contributed by atoms with Crippen LogP contribution in [0, 0.1) is 0 Å². The summed E-state index contributed by atoms with van der Waals surface area (Å²) in [6.07, 6.45) is 3.29. The lowest BCUT2D eigenvalue weighted by atomic mass is 9.79. The van der Waals surface area contributed by atoms with E-state index in [0.29, 0.717) is 12.3 Å². The first-order valence-electron chi connectivity index (χ1n) is 7.32. The fourth-order valence-electron chi connectivity index (χ4n) is 3.75. The van der Waals surface area contributed by atoms with E-state index in [4.69, 9.17) is 14.3 Å². The molecule has 3 rings (SSSR count). The second-order valence-electron chi connectivity index (χ2n) is 5.96. The van der Waals surface area contributed by atoms with Crippen molar-refractivity contribution in [2.45, 2.75) is 56.6 Å². The summed E-state index contributed by atoms with van der Waals surface area (Å²) < 4.78 is 11.4. The van der Waals surface area contributed by atoms with E-state index in [0.717, 1.165) is 38.0 Å². The van der Waals surface area contributed by atoms with Crippen LogP contribution in [0.25, 0.3) is 0 Å². The van der Waals surface area contributed by atoms with Gasteiger partial charge in [0.1, 0.15) is 18.1 Å². The van der Waals surface area contributed by atoms with E-state index in [-0.39, 0.29) is 24.4 Å². The first-order valence-corrected chi connectivity index (χ1v) is 7.32. The molecule has 112 valence electrons. The van der Waals surface area contributed by atoms with E-state index >= 15 is 0 Å². The Bertz CT molecular complexity index is 460. The van der Waals surface area contributed by atoms with Gasteiger partial charge in [-0.2, -0.15) is 0 Å². The summed E-state index contributed by atoms with van der Waals surface area (Å²) in [5, 5.41) is 19.0. The Labute approximate surface area is 119 Å². The number of ether oxygens (including phenoxy) is 1. The van der Waals surface area contributed by atoms with Crippen molar-refractivity contribution in [1.82, 2.24) is 4.90 Å². The van der Waals surface area contributed by atoms with E-state index < -0.39 is 0 Å². The predicted molar refractivity (Wildman–Crippen MR) is 73.0 cm³/mol. The van der Waals surface area contributed by atoms with Gasteiger partial charge in [0.05, 0.1) is 18.2 Å². The SMILES string of the molecule is CO[C@@]12CC[C@@H](O)C[C@@H]1N(Cc1ccc(CO)o1)CC2. The van der Waals surface area contributed by atoms with E-state index in [1.807, 2.05) is 12.1 Å². The summed E-state index contributed by atoms with van der Waals surface area (Å²) in [4.78, 5) is 2.34. The maximum atomic E-state index is 9.95. The molecule has 0 unspecified atom stereocenters. The van der Waals surface area contributed by atoms with Crippen molar-refractivity contribution in [2.75, 3.05) is 13.7 Å². The van der Waals surface area contributed by atoms with Gasteiger partial charge in [-0.15, -0.1) is 0 Å². The highest BCUT2D eigenvalue weighted by atomic mass is 16.5. The summed E-state index contributed by atoms with van der Waals surface area (Å²) in [6, 6.07) is 3.97. The molecule has 1 saturated heterocycles. The average Bonchev–Trinajstić information content (AvgIpc) is 3.05. The first kappa shape index (κ1) is 14.1. The van der Waals surface area contributed by atoms with Crippen molar-refractivity contribution >= 4 is 0 Å². The van der Waals surface area contributed by atoms with Crippen LogP contribution >= 0.6 is 0 Å². The van der Waals surface area contributed by atoms with Gasteiger partial charge < -0.3 is 19.4 Å². The van der Waals surface area contributed by atoms with Crippen LogP contribution in [0.4, 0.5) is 0 Å². The Morgan fingerprint density at radius 2 is 2.20 bits per heavy atom. The molecular formula is C15H23NO4. The smallest absolute Gasteiger partial charge is 0.129 e. The normalized spacial score (nSPS) is 34.4. The monoisotopic (exact) mass is 281 g/mol. The van der Waals surface area contributed by atoms with E-state index in [1.54, 1.807) is 7.11 Å². The van der Waals surface area contributed by atoms with Crippen molar-refractivity contribution in [3.63, 3.8) is 0 Å². The molecule has 0 aromatic carbocycles. The minimum absolute atomic E-state index is 0.0653. The van der Waals surface area contributed by atoms with Gasteiger partial charge in [0.2, 0.25) is 0 Å². The highest BCUT2D eigenvalue weighted by molar-refractivity contribution is 5.10. The summed E-state index contributed by atoms with van der Waals surface area (Å²) in [5.74, 6) is 1.46. The fraction of sp³-hybridized carbons (Fsp3) is 0.733. The van der Waals surface area contributed by atoms with Gasteiger partial charge >= 0.3 is 0 Å². The van der Waals surface area contributed by atoms with Crippen molar-refractivity contribution in [3.8, 4) is 0 Å². The van der Waals surface area contributed by atoms with Crippen molar-refractivity contribution in [1.29, 1.82) is 0 Å². The van der Waals surface area contributed by atoms with Crippen LogP contribution in [-0.4, -0.2) is 46.5 Å². The molecule has 1 aromatic heterocycles. The lowest BCUT2D eigenvalue weighted by Gasteiger charge is -2.42. The number of rotatable bonds is 4. The molecule has 2 heterocycles. The highest BCUT2D eigenvalue weighted by Gasteiger charge is 2.50. The third-order valence-corrected chi connectivity index (χ3v) is 4.90. The zero-order chi connectivity index (χ0) is 14.2. The number of methoxy groups -OCH3 is 1. The van der Waals surface area contributed by atoms with E-state index in [1.165, 1.54) is 0 Å². The number of fused-ring (bicyclic) bond motifs is 1. The predicted octanol–water partition coefficient (Wildman–Crippen LogP) is 1.28. The Hall–Kier alpha value is -0.880. The van der Waals surface area contributed by atoms with E-state index in [9.17, 15) is 5.11 Å². The van der Waals surface area contributed by atoms with Crippen LogP contribution in [0.2, 0.25) is 0 Å². The summed E-state index contributed by atoms with van der Waals surface area (Å²) in [6.45, 7) is 1.60. The zero-order valence-corrected chi connectivity index (χ0v) is 11.9. The Balaban J connectivity index is 1.73. The molecule has 2 fully saturated rings. The molecule has 1 aliphatic heterocycles. The van der Waals surface area contributed by atoms with Gasteiger partial charge in [0, 0.05) is 19.7 Å². The molecule has 1 aliphatic carbocycles. The molecule has 1 saturated carbocycles. The lowest BCUT2D eigenvalue weighted by molar-refractivity contribution is -0.0885. The molecule has 0 spiro atoms. The summed E-state index contributed by atoms with van der Waals surface area (Å²) >= 11 is 0. The van der Waals surface area contributed by atoms with Gasteiger partial charge in [0.15, 0.2) is 0 Å². The van der Waals surface area contributed by atoms with Gasteiger partial charge in [0.25, 0.3) is 0 Å². The minimum Gasteiger partial charge on any atom is -0.462 e. The molecule has 3 atom stereocenters. The van der Waals surface area contributed by atoms with Gasteiger partial charge in [-0.1, -0.05) is 0 Å². The van der Waals surface area contributed by atoms with Crippen LogP contribution in [0.15, 0.2) is 16.5 Å². The van der Waals surface area contributed by atoms with Crippen molar-refractivity contribution in [2.24, 2.45) is 0 Å². The van der Waals surface area contributed by atoms with E-state index in [2.05, 4.69) is 4.90 Å². The van der Waals surface area contributed by atoms with Crippen molar-refractivity contribution < 1.29 is 19.4 Å². The quantitative estimate of drug-likeness (QED) is 0.870. The topological polar surface area (TPSA) is 66.1 Å². The number of likely N-dealkylation sites (tertiary alicyclic amines) is 1. The number of aliphatic hydroxyl groups excluding tert-OH is 2. The molecule has 0 amide bonds. The second-order valence-corrected chi connectivity index (χ2v) is 5.96. The average molecular weight is 281 g/mol.